The molecule has 2 aliphatic rings. The van der Waals surface area contributed by atoms with Gasteiger partial charge in [0.25, 0.3) is 15.9 Å². The molecule has 3 aromatic rings. The van der Waals surface area contributed by atoms with E-state index in [9.17, 15) is 13.2 Å². The van der Waals surface area contributed by atoms with E-state index in [4.69, 9.17) is 4.74 Å². The topological polar surface area (TPSA) is 75.7 Å². The highest BCUT2D eigenvalue weighted by atomic mass is 32.2. The summed E-state index contributed by atoms with van der Waals surface area (Å²) in [6.45, 7) is 2.11. The molecule has 1 heterocycles. The fourth-order valence-electron chi connectivity index (χ4n) is 4.91. The Kier molecular flexibility index (Phi) is 6.04. The molecule has 0 aromatic heterocycles. The van der Waals surface area contributed by atoms with Crippen molar-refractivity contribution in [2.75, 3.05) is 17.5 Å². The standard InChI is InChI=1S/C27H28N2O4S/c1-19-17-22(34(31,32)29-16-15-21-8-3-5-12-25(21)29)13-14-26(19)33-18-27(30)28-24-11-6-9-20-7-2-4-10-23(20)24/h2-5,7-8,10,12-14,17,24H,6,9,11,15-16,18H2,1H3,(H,28,30)/t24-/m0/s1. The van der Waals surface area contributed by atoms with Gasteiger partial charge in [0.15, 0.2) is 6.61 Å². The number of fused-ring (bicyclic) bond motifs is 2. The average molecular weight is 477 g/mol. The minimum absolute atomic E-state index is 0.00185. The lowest BCUT2D eigenvalue weighted by Gasteiger charge is -2.26. The number of hydrogen-bond donors (Lipinski definition) is 1. The highest BCUT2D eigenvalue weighted by Gasteiger charge is 2.31. The van der Waals surface area contributed by atoms with Gasteiger partial charge in [-0.1, -0.05) is 42.5 Å². The van der Waals surface area contributed by atoms with E-state index < -0.39 is 10.0 Å². The maximum atomic E-state index is 13.3. The van der Waals surface area contributed by atoms with Crippen LogP contribution in [0, 0.1) is 6.92 Å². The minimum Gasteiger partial charge on any atom is -0.484 e. The van der Waals surface area contributed by atoms with Crippen LogP contribution in [-0.2, 0) is 27.7 Å². The van der Waals surface area contributed by atoms with Crippen LogP contribution in [0.1, 0.15) is 41.1 Å². The minimum atomic E-state index is -3.67. The Morgan fingerprint density at radius 3 is 2.62 bits per heavy atom. The number of carbonyl (C=O) groups excluding carboxylic acids is 1. The molecule has 5 rings (SSSR count). The average Bonchev–Trinajstić information content (AvgIpc) is 3.29. The molecule has 1 N–H and O–H groups in total. The molecule has 0 spiro atoms. The number of hydrogen-bond acceptors (Lipinski definition) is 4. The van der Waals surface area contributed by atoms with Crippen molar-refractivity contribution in [1.82, 2.24) is 5.32 Å². The van der Waals surface area contributed by atoms with Crippen LogP contribution in [0.4, 0.5) is 5.69 Å². The summed E-state index contributed by atoms with van der Waals surface area (Å²) in [5.41, 5.74) is 4.91. The van der Waals surface area contributed by atoms with Crippen LogP contribution in [0.2, 0.25) is 0 Å². The molecule has 0 unspecified atom stereocenters. The van der Waals surface area contributed by atoms with Gasteiger partial charge in [0.05, 0.1) is 16.6 Å². The highest BCUT2D eigenvalue weighted by molar-refractivity contribution is 7.92. The van der Waals surface area contributed by atoms with Gasteiger partial charge in [-0.05, 0) is 79.1 Å². The lowest BCUT2D eigenvalue weighted by atomic mass is 9.88. The second-order valence-electron chi connectivity index (χ2n) is 8.88. The van der Waals surface area contributed by atoms with Gasteiger partial charge in [0.1, 0.15) is 5.75 Å². The van der Waals surface area contributed by atoms with Crippen LogP contribution >= 0.6 is 0 Å². The van der Waals surface area contributed by atoms with Crippen LogP contribution in [0.5, 0.6) is 5.75 Å². The van der Waals surface area contributed by atoms with Crippen LogP contribution < -0.4 is 14.4 Å². The highest BCUT2D eigenvalue weighted by Crippen LogP contribution is 2.34. The maximum absolute atomic E-state index is 13.3. The molecular formula is C27H28N2O4S. The predicted molar refractivity (Wildman–Crippen MR) is 132 cm³/mol. The van der Waals surface area contributed by atoms with E-state index in [2.05, 4.69) is 17.4 Å². The molecule has 0 saturated heterocycles. The first kappa shape index (κ1) is 22.5. The zero-order chi connectivity index (χ0) is 23.7. The number of sulfonamides is 1. The molecule has 34 heavy (non-hydrogen) atoms. The Hall–Kier alpha value is -3.32. The molecule has 0 bridgehead atoms. The summed E-state index contributed by atoms with van der Waals surface area (Å²) < 4.78 is 33.8. The Balaban J connectivity index is 1.25. The van der Waals surface area contributed by atoms with Crippen molar-refractivity contribution < 1.29 is 17.9 Å². The summed E-state index contributed by atoms with van der Waals surface area (Å²) in [6, 6.07) is 20.6. The number of para-hydroxylation sites is 1. The number of rotatable bonds is 6. The summed E-state index contributed by atoms with van der Waals surface area (Å²) in [6.07, 6.45) is 3.69. The molecule has 176 valence electrons. The third-order valence-electron chi connectivity index (χ3n) is 6.64. The molecule has 0 saturated carbocycles. The molecule has 3 aromatic carbocycles. The molecule has 1 aliphatic heterocycles. The first-order chi connectivity index (χ1) is 16.4. The van der Waals surface area contributed by atoms with Gasteiger partial charge < -0.3 is 10.1 Å². The first-order valence-corrected chi connectivity index (χ1v) is 13.1. The van der Waals surface area contributed by atoms with Gasteiger partial charge in [-0.15, -0.1) is 0 Å². The number of nitrogens with one attached hydrogen (secondary N) is 1. The molecule has 1 amide bonds. The van der Waals surface area contributed by atoms with E-state index in [1.165, 1.54) is 15.4 Å². The van der Waals surface area contributed by atoms with Crippen LogP contribution in [0.15, 0.2) is 71.6 Å². The van der Waals surface area contributed by atoms with Crippen molar-refractivity contribution in [1.29, 1.82) is 0 Å². The number of carbonyl (C=O) groups is 1. The zero-order valence-corrected chi connectivity index (χ0v) is 20.0. The molecular weight excluding hydrogens is 448 g/mol. The van der Waals surface area contributed by atoms with Crippen molar-refractivity contribution in [3.05, 3.63) is 89.0 Å². The maximum Gasteiger partial charge on any atom is 0.264 e. The molecule has 7 heteroatoms. The molecule has 6 nitrogen and oxygen atoms in total. The first-order valence-electron chi connectivity index (χ1n) is 11.6. The number of ether oxygens (including phenoxy) is 1. The van der Waals surface area contributed by atoms with Gasteiger partial charge in [0.2, 0.25) is 0 Å². The largest absolute Gasteiger partial charge is 0.484 e. The lowest BCUT2D eigenvalue weighted by molar-refractivity contribution is -0.124. The molecule has 1 aliphatic carbocycles. The van der Waals surface area contributed by atoms with Crippen LogP contribution in [-0.4, -0.2) is 27.5 Å². The van der Waals surface area contributed by atoms with E-state index in [0.29, 0.717) is 24.3 Å². The second kappa shape index (κ2) is 9.14. The Morgan fingerprint density at radius 1 is 1.03 bits per heavy atom. The Morgan fingerprint density at radius 2 is 1.79 bits per heavy atom. The summed E-state index contributed by atoms with van der Waals surface area (Å²) in [7, 11) is -3.67. The Bertz CT molecular complexity index is 1340. The van der Waals surface area contributed by atoms with Gasteiger partial charge in [0, 0.05) is 6.54 Å². The zero-order valence-electron chi connectivity index (χ0n) is 19.2. The van der Waals surface area contributed by atoms with Crippen molar-refractivity contribution in [3.63, 3.8) is 0 Å². The number of amides is 1. The normalized spacial score (nSPS) is 17.1. The molecule has 1 atom stereocenters. The molecule has 0 fully saturated rings. The fraction of sp³-hybridized carbons (Fsp3) is 0.296. The number of anilines is 1. The quantitative estimate of drug-likeness (QED) is 0.575. The van der Waals surface area contributed by atoms with Crippen molar-refractivity contribution in [3.8, 4) is 5.75 Å². The van der Waals surface area contributed by atoms with Crippen molar-refractivity contribution >= 4 is 21.6 Å². The van der Waals surface area contributed by atoms with E-state index in [1.807, 2.05) is 36.4 Å². The van der Waals surface area contributed by atoms with Gasteiger partial charge in [-0.25, -0.2) is 8.42 Å². The lowest BCUT2D eigenvalue weighted by Crippen LogP contribution is -2.34. The van der Waals surface area contributed by atoms with Crippen molar-refractivity contribution in [2.24, 2.45) is 0 Å². The number of benzene rings is 3. The predicted octanol–water partition coefficient (Wildman–Crippen LogP) is 4.32. The monoisotopic (exact) mass is 476 g/mol. The second-order valence-corrected chi connectivity index (χ2v) is 10.7. The van der Waals surface area contributed by atoms with Gasteiger partial charge in [-0.3, -0.25) is 9.10 Å². The van der Waals surface area contributed by atoms with E-state index in [0.717, 1.165) is 30.5 Å². The molecule has 0 radical (unpaired) electrons. The van der Waals surface area contributed by atoms with E-state index in [1.54, 1.807) is 25.1 Å². The summed E-state index contributed by atoms with van der Waals surface area (Å²) in [5.74, 6) is 0.312. The van der Waals surface area contributed by atoms with E-state index >= 15 is 0 Å². The number of aryl methyl sites for hydroxylation is 2. The summed E-state index contributed by atoms with van der Waals surface area (Å²) >= 11 is 0. The van der Waals surface area contributed by atoms with Crippen LogP contribution in [0.25, 0.3) is 0 Å². The smallest absolute Gasteiger partial charge is 0.264 e. The third-order valence-corrected chi connectivity index (χ3v) is 8.45. The summed E-state index contributed by atoms with van der Waals surface area (Å²) in [4.78, 5) is 12.8. The van der Waals surface area contributed by atoms with Gasteiger partial charge in [-0.2, -0.15) is 0 Å². The number of nitrogens with zero attached hydrogens (tertiary/aromatic N) is 1. The van der Waals surface area contributed by atoms with E-state index in [-0.39, 0.29) is 23.5 Å². The van der Waals surface area contributed by atoms with Crippen molar-refractivity contribution in [2.45, 2.75) is 43.5 Å². The van der Waals surface area contributed by atoms with Gasteiger partial charge >= 0.3 is 0 Å². The van der Waals surface area contributed by atoms with Crippen LogP contribution in [0.3, 0.4) is 0 Å². The Labute approximate surface area is 200 Å². The summed E-state index contributed by atoms with van der Waals surface area (Å²) in [5, 5.41) is 3.08. The third kappa shape index (κ3) is 4.28. The fourth-order valence-corrected chi connectivity index (χ4v) is 6.50. The SMILES string of the molecule is Cc1cc(S(=O)(=O)N2CCc3ccccc32)ccc1OCC(=O)N[C@H]1CCCc2ccccc21.